The van der Waals surface area contributed by atoms with E-state index in [1.165, 1.54) is 36.4 Å². The topological polar surface area (TPSA) is 61.9 Å². The highest BCUT2D eigenvalue weighted by molar-refractivity contribution is 5.80. The number of hydrogen-bond donors (Lipinski definition) is 1. The SMILES string of the molecule is CCN(C(=O)Oc1ccc(F)cc1)C1CN(C(=O)C2CCNCC2)CC1c1ccc(F)cc1. The highest BCUT2D eigenvalue weighted by atomic mass is 19.1. The third-order valence-electron chi connectivity index (χ3n) is 6.58. The molecule has 0 spiro atoms. The molecule has 0 bridgehead atoms. The maximum atomic E-state index is 13.6. The van der Waals surface area contributed by atoms with Gasteiger partial charge in [-0.05, 0) is 74.8 Å². The molecule has 2 saturated heterocycles. The number of carbonyl (C=O) groups excluding carboxylic acids is 2. The molecule has 0 aromatic heterocycles. The summed E-state index contributed by atoms with van der Waals surface area (Å²) >= 11 is 0. The normalized spacial score (nSPS) is 21.1. The molecule has 33 heavy (non-hydrogen) atoms. The Morgan fingerprint density at radius 1 is 1.00 bits per heavy atom. The number of amides is 2. The lowest BCUT2D eigenvalue weighted by Crippen LogP contribution is -2.46. The molecule has 1 N–H and O–H groups in total. The Morgan fingerprint density at radius 3 is 2.21 bits per heavy atom. The van der Waals surface area contributed by atoms with Gasteiger partial charge in [-0.25, -0.2) is 13.6 Å². The molecule has 2 aromatic carbocycles. The van der Waals surface area contributed by atoms with Crippen LogP contribution in [-0.4, -0.2) is 60.6 Å². The van der Waals surface area contributed by atoms with Gasteiger partial charge in [0.05, 0.1) is 6.04 Å². The van der Waals surface area contributed by atoms with E-state index in [0.717, 1.165) is 31.5 Å². The van der Waals surface area contributed by atoms with Crippen molar-refractivity contribution >= 4 is 12.0 Å². The summed E-state index contributed by atoms with van der Waals surface area (Å²) in [5.74, 6) is -0.592. The molecule has 0 aliphatic carbocycles. The average Bonchev–Trinajstić information content (AvgIpc) is 3.26. The fourth-order valence-corrected chi connectivity index (χ4v) is 4.81. The van der Waals surface area contributed by atoms with Crippen molar-refractivity contribution in [3.8, 4) is 5.75 Å². The number of nitrogens with one attached hydrogen (secondary N) is 1. The van der Waals surface area contributed by atoms with Crippen LogP contribution in [0, 0.1) is 17.6 Å². The van der Waals surface area contributed by atoms with Gasteiger partial charge in [-0.15, -0.1) is 0 Å². The first-order valence-electron chi connectivity index (χ1n) is 11.4. The molecule has 6 nitrogen and oxygen atoms in total. The smallest absolute Gasteiger partial charge is 0.410 e. The summed E-state index contributed by atoms with van der Waals surface area (Å²) in [5, 5.41) is 3.28. The Labute approximate surface area is 192 Å². The number of ether oxygens (including phenoxy) is 1. The standard InChI is InChI=1S/C25H29F2N3O3/c1-2-30(25(32)33-21-9-7-20(27)8-10-21)23-16-29(24(31)18-11-13-28-14-12-18)15-22(23)17-3-5-19(26)6-4-17/h3-10,18,22-23,28H,2,11-16H2,1H3. The van der Waals surface area contributed by atoms with Gasteiger partial charge in [0.15, 0.2) is 0 Å². The van der Waals surface area contributed by atoms with Crippen LogP contribution in [0.15, 0.2) is 48.5 Å². The van der Waals surface area contributed by atoms with Gasteiger partial charge < -0.3 is 19.9 Å². The number of halogens is 2. The molecule has 2 aliphatic heterocycles. The van der Waals surface area contributed by atoms with Crippen molar-refractivity contribution in [2.75, 3.05) is 32.7 Å². The number of rotatable bonds is 5. The second kappa shape index (κ2) is 10.3. The number of hydrogen-bond acceptors (Lipinski definition) is 4. The molecule has 2 atom stereocenters. The summed E-state index contributed by atoms with van der Waals surface area (Å²) in [6.45, 7) is 4.71. The zero-order chi connectivity index (χ0) is 23.4. The van der Waals surface area contributed by atoms with E-state index in [-0.39, 0.29) is 35.4 Å². The zero-order valence-corrected chi connectivity index (χ0v) is 18.7. The van der Waals surface area contributed by atoms with Crippen molar-refractivity contribution in [3.63, 3.8) is 0 Å². The van der Waals surface area contributed by atoms with E-state index in [1.807, 2.05) is 11.8 Å². The Balaban J connectivity index is 1.56. The van der Waals surface area contributed by atoms with Gasteiger partial charge in [-0.1, -0.05) is 12.1 Å². The molecule has 2 amide bonds. The molecule has 2 unspecified atom stereocenters. The molecule has 2 heterocycles. The predicted octanol–water partition coefficient (Wildman–Crippen LogP) is 3.78. The minimum absolute atomic E-state index is 0.0277. The molecular formula is C25H29F2N3O3. The Kier molecular flexibility index (Phi) is 7.23. The lowest BCUT2D eigenvalue weighted by molar-refractivity contribution is -0.135. The number of carbonyl (C=O) groups is 2. The molecule has 2 fully saturated rings. The molecular weight excluding hydrogens is 428 g/mol. The van der Waals surface area contributed by atoms with Gasteiger partial charge in [0, 0.05) is 31.5 Å². The summed E-state index contributed by atoms with van der Waals surface area (Å²) in [4.78, 5) is 29.8. The zero-order valence-electron chi connectivity index (χ0n) is 18.7. The minimum atomic E-state index is -0.558. The second-order valence-electron chi connectivity index (χ2n) is 8.60. The Bertz CT molecular complexity index is 962. The fraction of sp³-hybridized carbons (Fsp3) is 0.440. The Morgan fingerprint density at radius 2 is 1.61 bits per heavy atom. The van der Waals surface area contributed by atoms with Gasteiger partial charge in [-0.3, -0.25) is 4.79 Å². The van der Waals surface area contributed by atoms with Crippen molar-refractivity contribution in [3.05, 3.63) is 65.7 Å². The molecule has 0 saturated carbocycles. The largest absolute Gasteiger partial charge is 0.415 e. The summed E-state index contributed by atoms with van der Waals surface area (Å²) in [7, 11) is 0. The lowest BCUT2D eigenvalue weighted by atomic mass is 9.93. The van der Waals surface area contributed by atoms with Crippen molar-refractivity contribution in [1.82, 2.24) is 15.1 Å². The lowest BCUT2D eigenvalue weighted by Gasteiger charge is -2.31. The summed E-state index contributed by atoms with van der Waals surface area (Å²) in [6.07, 6.45) is 1.04. The first-order valence-corrected chi connectivity index (χ1v) is 11.4. The molecule has 2 aliphatic rings. The molecule has 4 rings (SSSR count). The quantitative estimate of drug-likeness (QED) is 0.743. The van der Waals surface area contributed by atoms with Crippen molar-refractivity contribution < 1.29 is 23.1 Å². The van der Waals surface area contributed by atoms with Gasteiger partial charge in [0.1, 0.15) is 17.4 Å². The van der Waals surface area contributed by atoms with Crippen molar-refractivity contribution in [2.45, 2.75) is 31.7 Å². The van der Waals surface area contributed by atoms with Crippen LogP contribution >= 0.6 is 0 Å². The molecule has 176 valence electrons. The van der Waals surface area contributed by atoms with Crippen LogP contribution in [0.3, 0.4) is 0 Å². The maximum absolute atomic E-state index is 13.6. The van der Waals surface area contributed by atoms with Crippen LogP contribution < -0.4 is 10.1 Å². The van der Waals surface area contributed by atoms with E-state index in [0.29, 0.717) is 19.6 Å². The number of benzene rings is 2. The molecule has 0 radical (unpaired) electrons. The predicted molar refractivity (Wildman–Crippen MR) is 120 cm³/mol. The van der Waals surface area contributed by atoms with E-state index >= 15 is 0 Å². The van der Waals surface area contributed by atoms with Gasteiger partial charge in [-0.2, -0.15) is 0 Å². The highest BCUT2D eigenvalue weighted by Crippen LogP contribution is 2.33. The Hall–Kier alpha value is -3.00. The fourth-order valence-electron chi connectivity index (χ4n) is 4.81. The van der Waals surface area contributed by atoms with Crippen LogP contribution in [0.5, 0.6) is 5.75 Å². The highest BCUT2D eigenvalue weighted by Gasteiger charge is 2.42. The molecule has 8 heteroatoms. The summed E-state index contributed by atoms with van der Waals surface area (Å²) in [6, 6.07) is 11.2. The summed E-state index contributed by atoms with van der Waals surface area (Å²) < 4.78 is 32.3. The van der Waals surface area contributed by atoms with Crippen LogP contribution in [0.4, 0.5) is 13.6 Å². The monoisotopic (exact) mass is 457 g/mol. The first-order chi connectivity index (χ1) is 16.0. The molecule has 2 aromatic rings. The number of piperidine rings is 1. The van der Waals surface area contributed by atoms with E-state index < -0.39 is 11.9 Å². The first kappa shape index (κ1) is 23.2. The second-order valence-corrected chi connectivity index (χ2v) is 8.60. The summed E-state index contributed by atoms with van der Waals surface area (Å²) in [5.41, 5.74) is 0.870. The van der Waals surface area contributed by atoms with Gasteiger partial charge >= 0.3 is 6.09 Å². The van der Waals surface area contributed by atoms with E-state index in [4.69, 9.17) is 4.74 Å². The van der Waals surface area contributed by atoms with Gasteiger partial charge in [0.2, 0.25) is 5.91 Å². The number of nitrogens with zero attached hydrogens (tertiary/aromatic N) is 2. The van der Waals surface area contributed by atoms with E-state index in [2.05, 4.69) is 5.32 Å². The van der Waals surface area contributed by atoms with Crippen LogP contribution in [0.2, 0.25) is 0 Å². The number of likely N-dealkylation sites (tertiary alicyclic amines) is 1. The van der Waals surface area contributed by atoms with Crippen molar-refractivity contribution in [2.24, 2.45) is 5.92 Å². The van der Waals surface area contributed by atoms with Crippen LogP contribution in [0.1, 0.15) is 31.2 Å². The minimum Gasteiger partial charge on any atom is -0.410 e. The average molecular weight is 458 g/mol. The van der Waals surface area contributed by atoms with Crippen LogP contribution in [0.25, 0.3) is 0 Å². The van der Waals surface area contributed by atoms with E-state index in [9.17, 15) is 18.4 Å². The van der Waals surface area contributed by atoms with E-state index in [1.54, 1.807) is 17.0 Å². The maximum Gasteiger partial charge on any atom is 0.415 e. The number of likely N-dealkylation sites (N-methyl/N-ethyl adjacent to an activating group) is 1. The van der Waals surface area contributed by atoms with Crippen LogP contribution in [-0.2, 0) is 4.79 Å². The van der Waals surface area contributed by atoms with Crippen molar-refractivity contribution in [1.29, 1.82) is 0 Å². The third kappa shape index (κ3) is 5.33. The third-order valence-corrected chi connectivity index (χ3v) is 6.58. The van der Waals surface area contributed by atoms with Gasteiger partial charge in [0.25, 0.3) is 0 Å².